The lowest BCUT2D eigenvalue weighted by atomic mass is 10.0. The van der Waals surface area contributed by atoms with Gasteiger partial charge in [-0.2, -0.15) is 0 Å². The Hall–Kier alpha value is -1.06. The fourth-order valence-electron chi connectivity index (χ4n) is 1.78. The van der Waals surface area contributed by atoms with Crippen LogP contribution in [0.15, 0.2) is 23.1 Å². The molecule has 1 heterocycles. The van der Waals surface area contributed by atoms with Crippen molar-refractivity contribution in [2.75, 3.05) is 6.54 Å². The molecule has 0 bridgehead atoms. The molecule has 1 rings (SSSR count). The van der Waals surface area contributed by atoms with Gasteiger partial charge in [0, 0.05) is 24.2 Å². The van der Waals surface area contributed by atoms with Gasteiger partial charge in [-0.15, -0.1) is 6.58 Å². The summed E-state index contributed by atoms with van der Waals surface area (Å²) in [7, 11) is 0. The second-order valence-corrected chi connectivity index (χ2v) is 5.34. The largest absolute Gasteiger partial charge is 0.465 e. The number of hydrogen-bond donors (Lipinski definition) is 1. The molecule has 0 amide bonds. The van der Waals surface area contributed by atoms with Gasteiger partial charge in [-0.3, -0.25) is 4.90 Å². The Morgan fingerprint density at radius 1 is 1.47 bits per heavy atom. The van der Waals surface area contributed by atoms with Gasteiger partial charge in [0.1, 0.15) is 11.5 Å². The Labute approximate surface area is 104 Å². The normalized spacial score (nSPS) is 12.1. The highest BCUT2D eigenvalue weighted by Crippen LogP contribution is 2.21. The molecule has 0 aliphatic heterocycles. The van der Waals surface area contributed by atoms with E-state index in [4.69, 9.17) is 10.2 Å². The predicted molar refractivity (Wildman–Crippen MR) is 71.7 cm³/mol. The van der Waals surface area contributed by atoms with Crippen molar-refractivity contribution < 1.29 is 4.42 Å². The zero-order valence-corrected chi connectivity index (χ0v) is 11.4. The van der Waals surface area contributed by atoms with Gasteiger partial charge in [-0.05, 0) is 33.8 Å². The highest BCUT2D eigenvalue weighted by Gasteiger charge is 2.21. The SMILES string of the molecule is C=CCN(Cc1cc(CN)oc1C)C(C)(C)C. The maximum atomic E-state index is 5.58. The molecular weight excluding hydrogens is 212 g/mol. The van der Waals surface area contributed by atoms with Gasteiger partial charge < -0.3 is 10.2 Å². The maximum Gasteiger partial charge on any atom is 0.118 e. The van der Waals surface area contributed by atoms with Crippen molar-refractivity contribution in [3.8, 4) is 0 Å². The van der Waals surface area contributed by atoms with Gasteiger partial charge in [0.05, 0.1) is 6.54 Å². The van der Waals surface area contributed by atoms with Crippen LogP contribution in [0.3, 0.4) is 0 Å². The zero-order chi connectivity index (χ0) is 13.1. The quantitative estimate of drug-likeness (QED) is 0.799. The second kappa shape index (κ2) is 5.52. The molecule has 3 heteroatoms. The van der Waals surface area contributed by atoms with Crippen molar-refractivity contribution in [3.63, 3.8) is 0 Å². The Morgan fingerprint density at radius 2 is 2.12 bits per heavy atom. The first-order valence-electron chi connectivity index (χ1n) is 6.02. The number of furan rings is 1. The van der Waals surface area contributed by atoms with E-state index >= 15 is 0 Å². The van der Waals surface area contributed by atoms with Crippen LogP contribution < -0.4 is 5.73 Å². The third kappa shape index (κ3) is 3.72. The van der Waals surface area contributed by atoms with E-state index < -0.39 is 0 Å². The lowest BCUT2D eigenvalue weighted by Gasteiger charge is -2.34. The second-order valence-electron chi connectivity index (χ2n) is 5.34. The van der Waals surface area contributed by atoms with Gasteiger partial charge >= 0.3 is 0 Å². The van der Waals surface area contributed by atoms with Crippen LogP contribution in [0, 0.1) is 6.92 Å². The third-order valence-corrected chi connectivity index (χ3v) is 2.93. The molecule has 0 saturated heterocycles. The van der Waals surface area contributed by atoms with E-state index in [2.05, 4.69) is 38.3 Å². The predicted octanol–water partition coefficient (Wildman–Crippen LogP) is 2.83. The fourth-order valence-corrected chi connectivity index (χ4v) is 1.78. The molecule has 0 unspecified atom stereocenters. The van der Waals surface area contributed by atoms with Gasteiger partial charge in [0.2, 0.25) is 0 Å². The molecule has 1 aromatic rings. The Balaban J connectivity index is 2.85. The molecule has 0 aliphatic carbocycles. The summed E-state index contributed by atoms with van der Waals surface area (Å²) in [5.41, 5.74) is 6.91. The highest BCUT2D eigenvalue weighted by molar-refractivity contribution is 5.21. The molecule has 0 aliphatic rings. The van der Waals surface area contributed by atoms with Crippen molar-refractivity contribution in [1.82, 2.24) is 4.90 Å². The number of rotatable bonds is 5. The highest BCUT2D eigenvalue weighted by atomic mass is 16.3. The first-order valence-corrected chi connectivity index (χ1v) is 6.02. The molecule has 96 valence electrons. The number of hydrogen-bond acceptors (Lipinski definition) is 3. The lowest BCUT2D eigenvalue weighted by molar-refractivity contribution is 0.144. The average Bonchev–Trinajstić information content (AvgIpc) is 2.58. The summed E-state index contributed by atoms with van der Waals surface area (Å²) < 4.78 is 5.58. The zero-order valence-electron chi connectivity index (χ0n) is 11.4. The smallest absolute Gasteiger partial charge is 0.118 e. The molecule has 0 spiro atoms. The third-order valence-electron chi connectivity index (χ3n) is 2.93. The Morgan fingerprint density at radius 3 is 2.53 bits per heavy atom. The minimum absolute atomic E-state index is 0.112. The fraction of sp³-hybridized carbons (Fsp3) is 0.571. The van der Waals surface area contributed by atoms with Crippen LogP contribution in [-0.4, -0.2) is 17.0 Å². The minimum Gasteiger partial charge on any atom is -0.465 e. The van der Waals surface area contributed by atoms with E-state index in [0.717, 1.165) is 24.6 Å². The monoisotopic (exact) mass is 236 g/mol. The molecule has 1 aromatic heterocycles. The van der Waals surface area contributed by atoms with E-state index in [1.165, 1.54) is 5.56 Å². The number of aryl methyl sites for hydroxylation is 1. The summed E-state index contributed by atoms with van der Waals surface area (Å²) in [6, 6.07) is 2.05. The van der Waals surface area contributed by atoms with Gasteiger partial charge in [-0.1, -0.05) is 6.08 Å². The number of nitrogens with zero attached hydrogens (tertiary/aromatic N) is 1. The molecule has 0 radical (unpaired) electrons. The molecule has 17 heavy (non-hydrogen) atoms. The summed E-state index contributed by atoms with van der Waals surface area (Å²) in [6.07, 6.45) is 1.94. The van der Waals surface area contributed by atoms with Gasteiger partial charge in [0.25, 0.3) is 0 Å². The van der Waals surface area contributed by atoms with Crippen LogP contribution in [-0.2, 0) is 13.1 Å². The topological polar surface area (TPSA) is 42.4 Å². The summed E-state index contributed by atoms with van der Waals surface area (Å²) in [5.74, 6) is 1.81. The summed E-state index contributed by atoms with van der Waals surface area (Å²) >= 11 is 0. The molecule has 0 atom stereocenters. The standard InChI is InChI=1S/C14H24N2O/c1-6-7-16(14(3,4)5)10-12-8-13(9-15)17-11(12)2/h6,8H,1,7,9-10,15H2,2-5H3. The van der Waals surface area contributed by atoms with E-state index in [1.807, 2.05) is 13.0 Å². The first kappa shape index (κ1) is 14.0. The van der Waals surface area contributed by atoms with Crippen molar-refractivity contribution in [1.29, 1.82) is 0 Å². The van der Waals surface area contributed by atoms with Crippen LogP contribution in [0.25, 0.3) is 0 Å². The van der Waals surface area contributed by atoms with Crippen molar-refractivity contribution in [3.05, 3.63) is 35.8 Å². The Kier molecular flexibility index (Phi) is 4.54. The molecule has 3 nitrogen and oxygen atoms in total. The average molecular weight is 236 g/mol. The maximum absolute atomic E-state index is 5.58. The lowest BCUT2D eigenvalue weighted by Crippen LogP contribution is -2.40. The van der Waals surface area contributed by atoms with Crippen LogP contribution >= 0.6 is 0 Å². The van der Waals surface area contributed by atoms with Crippen LogP contribution in [0.1, 0.15) is 37.9 Å². The van der Waals surface area contributed by atoms with E-state index in [1.54, 1.807) is 0 Å². The van der Waals surface area contributed by atoms with Crippen LogP contribution in [0.5, 0.6) is 0 Å². The first-order chi connectivity index (χ1) is 7.88. The van der Waals surface area contributed by atoms with E-state index in [0.29, 0.717) is 6.54 Å². The van der Waals surface area contributed by atoms with Gasteiger partial charge in [-0.25, -0.2) is 0 Å². The summed E-state index contributed by atoms with van der Waals surface area (Å²) in [5, 5.41) is 0. The number of nitrogens with two attached hydrogens (primary N) is 1. The molecule has 2 N–H and O–H groups in total. The molecular formula is C14H24N2O. The molecule has 0 aromatic carbocycles. The van der Waals surface area contributed by atoms with Crippen molar-refractivity contribution >= 4 is 0 Å². The minimum atomic E-state index is 0.112. The summed E-state index contributed by atoms with van der Waals surface area (Å²) in [4.78, 5) is 2.36. The Bertz CT molecular complexity index is 374. The van der Waals surface area contributed by atoms with Crippen LogP contribution in [0.2, 0.25) is 0 Å². The molecule has 0 fully saturated rings. The van der Waals surface area contributed by atoms with Gasteiger partial charge in [0.15, 0.2) is 0 Å². The van der Waals surface area contributed by atoms with Crippen molar-refractivity contribution in [2.45, 2.75) is 46.3 Å². The molecule has 0 saturated carbocycles. The summed E-state index contributed by atoms with van der Waals surface area (Å²) in [6.45, 7) is 14.6. The van der Waals surface area contributed by atoms with E-state index in [9.17, 15) is 0 Å². The van der Waals surface area contributed by atoms with Crippen LogP contribution in [0.4, 0.5) is 0 Å². The van der Waals surface area contributed by atoms with Crippen molar-refractivity contribution in [2.24, 2.45) is 5.73 Å². The van der Waals surface area contributed by atoms with E-state index in [-0.39, 0.29) is 5.54 Å².